The van der Waals surface area contributed by atoms with Gasteiger partial charge in [-0.05, 0) is 32.4 Å². The zero-order valence-electron chi connectivity index (χ0n) is 11.7. The normalized spacial score (nSPS) is 18.9. The highest BCUT2D eigenvalue weighted by Gasteiger charge is 2.42. The first-order valence-electron chi connectivity index (χ1n) is 6.44. The Morgan fingerprint density at radius 1 is 1.41 bits per heavy atom. The zero-order valence-corrected chi connectivity index (χ0v) is 11.7. The molecular formula is C13H27N3O. The summed E-state index contributed by atoms with van der Waals surface area (Å²) < 4.78 is 0. The summed E-state index contributed by atoms with van der Waals surface area (Å²) in [5.74, 6) is 0.151. The van der Waals surface area contributed by atoms with Crippen molar-refractivity contribution in [2.45, 2.75) is 33.1 Å². The topological polar surface area (TPSA) is 58.4 Å². The van der Waals surface area contributed by atoms with E-state index in [-0.39, 0.29) is 16.7 Å². The number of hydrogen-bond donors (Lipinski definition) is 2. The van der Waals surface area contributed by atoms with Crippen LogP contribution in [-0.4, -0.2) is 44.5 Å². The molecule has 4 heteroatoms. The third kappa shape index (κ3) is 3.68. The van der Waals surface area contributed by atoms with Crippen LogP contribution < -0.4 is 11.1 Å². The smallest absolute Gasteiger partial charge is 0.227 e. The number of carbonyl (C=O) groups excluding carboxylic acids is 1. The van der Waals surface area contributed by atoms with Crippen molar-refractivity contribution in [2.75, 3.05) is 33.7 Å². The van der Waals surface area contributed by atoms with E-state index in [9.17, 15) is 4.79 Å². The van der Waals surface area contributed by atoms with Gasteiger partial charge in [0.1, 0.15) is 0 Å². The largest absolute Gasteiger partial charge is 0.355 e. The van der Waals surface area contributed by atoms with E-state index in [2.05, 4.69) is 38.2 Å². The molecule has 100 valence electrons. The van der Waals surface area contributed by atoms with Crippen molar-refractivity contribution in [2.24, 2.45) is 16.6 Å². The molecule has 17 heavy (non-hydrogen) atoms. The molecular weight excluding hydrogens is 214 g/mol. The molecule has 1 saturated carbocycles. The predicted octanol–water partition coefficient (Wildman–Crippen LogP) is 0.819. The number of nitrogens with two attached hydrogens (primary N) is 1. The van der Waals surface area contributed by atoms with Gasteiger partial charge in [0.15, 0.2) is 0 Å². The van der Waals surface area contributed by atoms with E-state index >= 15 is 0 Å². The molecule has 0 radical (unpaired) electrons. The molecule has 0 unspecified atom stereocenters. The minimum Gasteiger partial charge on any atom is -0.355 e. The van der Waals surface area contributed by atoms with Gasteiger partial charge in [-0.15, -0.1) is 0 Å². The standard InChI is InChI=1S/C13H27N3O/c1-12(2,10-16(3)4)9-15-11(17)13(8-14)6-5-7-13/h5-10,14H2,1-4H3,(H,15,17). The summed E-state index contributed by atoms with van der Waals surface area (Å²) in [5.41, 5.74) is 5.56. The fourth-order valence-corrected chi connectivity index (χ4v) is 2.55. The van der Waals surface area contributed by atoms with Gasteiger partial charge in [-0.3, -0.25) is 4.79 Å². The van der Waals surface area contributed by atoms with Gasteiger partial charge in [-0.25, -0.2) is 0 Å². The Labute approximate surface area is 105 Å². The van der Waals surface area contributed by atoms with E-state index in [1.54, 1.807) is 0 Å². The van der Waals surface area contributed by atoms with Crippen molar-refractivity contribution in [3.05, 3.63) is 0 Å². The van der Waals surface area contributed by atoms with Crippen molar-refractivity contribution in [1.82, 2.24) is 10.2 Å². The quantitative estimate of drug-likeness (QED) is 0.724. The molecule has 4 nitrogen and oxygen atoms in total. The van der Waals surface area contributed by atoms with Crippen molar-refractivity contribution in [3.8, 4) is 0 Å². The molecule has 1 rings (SSSR count). The molecule has 0 spiro atoms. The molecule has 0 aromatic rings. The summed E-state index contributed by atoms with van der Waals surface area (Å²) in [4.78, 5) is 14.3. The molecule has 0 heterocycles. The Morgan fingerprint density at radius 3 is 2.35 bits per heavy atom. The van der Waals surface area contributed by atoms with Gasteiger partial charge in [0, 0.05) is 19.6 Å². The van der Waals surface area contributed by atoms with Crippen LogP contribution in [0.5, 0.6) is 0 Å². The van der Waals surface area contributed by atoms with Crippen LogP contribution in [0.4, 0.5) is 0 Å². The number of amides is 1. The highest BCUT2D eigenvalue weighted by atomic mass is 16.2. The summed E-state index contributed by atoms with van der Waals surface area (Å²) in [6, 6.07) is 0. The second-order valence-corrected chi connectivity index (χ2v) is 6.42. The van der Waals surface area contributed by atoms with Crippen LogP contribution in [0.1, 0.15) is 33.1 Å². The monoisotopic (exact) mass is 241 g/mol. The second-order valence-electron chi connectivity index (χ2n) is 6.42. The lowest BCUT2D eigenvalue weighted by atomic mass is 9.68. The first-order valence-corrected chi connectivity index (χ1v) is 6.44. The summed E-state index contributed by atoms with van der Waals surface area (Å²) in [5, 5.41) is 3.08. The highest BCUT2D eigenvalue weighted by Crippen LogP contribution is 2.40. The van der Waals surface area contributed by atoms with E-state index in [1.807, 2.05) is 0 Å². The van der Waals surface area contributed by atoms with Gasteiger partial charge < -0.3 is 16.0 Å². The summed E-state index contributed by atoms with van der Waals surface area (Å²) in [7, 11) is 4.10. The van der Waals surface area contributed by atoms with E-state index in [4.69, 9.17) is 5.73 Å². The number of carbonyl (C=O) groups is 1. The molecule has 1 amide bonds. The minimum absolute atomic E-state index is 0.0959. The Kier molecular flexibility index (Phi) is 4.55. The first kappa shape index (κ1) is 14.5. The molecule has 1 aliphatic rings. The summed E-state index contributed by atoms with van der Waals surface area (Å²) >= 11 is 0. The maximum absolute atomic E-state index is 12.1. The second kappa shape index (κ2) is 5.36. The maximum atomic E-state index is 12.1. The van der Waals surface area contributed by atoms with Crippen LogP contribution in [0, 0.1) is 10.8 Å². The number of rotatable bonds is 6. The van der Waals surface area contributed by atoms with Crippen LogP contribution in [0.15, 0.2) is 0 Å². The van der Waals surface area contributed by atoms with E-state index in [1.165, 1.54) is 0 Å². The fourth-order valence-electron chi connectivity index (χ4n) is 2.55. The average Bonchev–Trinajstić information content (AvgIpc) is 2.12. The van der Waals surface area contributed by atoms with Gasteiger partial charge in [0.2, 0.25) is 5.91 Å². The Bertz CT molecular complexity index is 264. The van der Waals surface area contributed by atoms with Crippen LogP contribution in [0.2, 0.25) is 0 Å². The van der Waals surface area contributed by atoms with Crippen molar-refractivity contribution < 1.29 is 4.79 Å². The highest BCUT2D eigenvalue weighted by molar-refractivity contribution is 5.83. The molecule has 1 fully saturated rings. The third-order valence-corrected chi connectivity index (χ3v) is 3.65. The average molecular weight is 241 g/mol. The van der Waals surface area contributed by atoms with E-state index < -0.39 is 0 Å². The maximum Gasteiger partial charge on any atom is 0.227 e. The van der Waals surface area contributed by atoms with E-state index in [0.29, 0.717) is 13.1 Å². The first-order chi connectivity index (χ1) is 7.81. The zero-order chi connectivity index (χ0) is 13.1. The fraction of sp³-hybridized carbons (Fsp3) is 0.923. The van der Waals surface area contributed by atoms with Crippen molar-refractivity contribution in [1.29, 1.82) is 0 Å². The predicted molar refractivity (Wildman–Crippen MR) is 70.7 cm³/mol. The van der Waals surface area contributed by atoms with Crippen molar-refractivity contribution in [3.63, 3.8) is 0 Å². The third-order valence-electron chi connectivity index (χ3n) is 3.65. The van der Waals surface area contributed by atoms with Crippen LogP contribution in [0.25, 0.3) is 0 Å². The molecule has 0 aromatic carbocycles. The molecule has 0 saturated heterocycles. The Morgan fingerprint density at radius 2 is 2.00 bits per heavy atom. The molecule has 1 aliphatic carbocycles. The van der Waals surface area contributed by atoms with Gasteiger partial charge in [0.05, 0.1) is 5.41 Å². The summed E-state index contributed by atoms with van der Waals surface area (Å²) in [6.07, 6.45) is 3.03. The van der Waals surface area contributed by atoms with E-state index in [0.717, 1.165) is 25.8 Å². The lowest BCUT2D eigenvalue weighted by Gasteiger charge is -2.40. The Hall–Kier alpha value is -0.610. The van der Waals surface area contributed by atoms with Crippen LogP contribution in [0.3, 0.4) is 0 Å². The lowest BCUT2D eigenvalue weighted by Crippen LogP contribution is -2.52. The van der Waals surface area contributed by atoms with Gasteiger partial charge in [0.25, 0.3) is 0 Å². The molecule has 0 aromatic heterocycles. The molecule has 0 aliphatic heterocycles. The molecule has 0 bridgehead atoms. The lowest BCUT2D eigenvalue weighted by molar-refractivity contribution is -0.135. The molecule has 0 atom stereocenters. The van der Waals surface area contributed by atoms with Crippen LogP contribution >= 0.6 is 0 Å². The van der Waals surface area contributed by atoms with Gasteiger partial charge in [-0.1, -0.05) is 20.3 Å². The number of hydrogen-bond acceptors (Lipinski definition) is 3. The van der Waals surface area contributed by atoms with Gasteiger partial charge >= 0.3 is 0 Å². The summed E-state index contributed by atoms with van der Waals surface area (Å²) in [6.45, 7) is 6.49. The Balaban J connectivity index is 2.42. The number of nitrogens with one attached hydrogen (secondary N) is 1. The van der Waals surface area contributed by atoms with Crippen LogP contribution in [-0.2, 0) is 4.79 Å². The number of nitrogens with zero attached hydrogens (tertiary/aromatic N) is 1. The van der Waals surface area contributed by atoms with Gasteiger partial charge in [-0.2, -0.15) is 0 Å². The minimum atomic E-state index is -0.256. The SMILES string of the molecule is CN(C)CC(C)(C)CNC(=O)C1(CN)CCC1. The van der Waals surface area contributed by atoms with Crippen molar-refractivity contribution >= 4 is 5.91 Å². The molecule has 3 N–H and O–H groups in total.